The molecule has 0 bridgehead atoms. The van der Waals surface area contributed by atoms with Crippen LogP contribution < -0.4 is 4.74 Å². The van der Waals surface area contributed by atoms with E-state index < -0.39 is 0 Å². The lowest BCUT2D eigenvalue weighted by atomic mass is 10.0. The fourth-order valence-electron chi connectivity index (χ4n) is 1.62. The molecule has 0 radical (unpaired) electrons. The molecule has 1 heterocycles. The van der Waals surface area contributed by atoms with Gasteiger partial charge in [-0.05, 0) is 47.2 Å². The third-order valence-electron chi connectivity index (χ3n) is 2.56. The van der Waals surface area contributed by atoms with E-state index in [1.165, 1.54) is 0 Å². The Bertz CT molecular complexity index is 372. The summed E-state index contributed by atoms with van der Waals surface area (Å²) in [6.45, 7) is 1.39. The minimum atomic E-state index is 0.0304. The van der Waals surface area contributed by atoms with Crippen LogP contribution in [0.2, 0.25) is 0 Å². The fourth-order valence-corrected chi connectivity index (χ4v) is 2.13. The van der Waals surface area contributed by atoms with Crippen molar-refractivity contribution < 1.29 is 14.3 Å². The molecule has 1 aromatic carbocycles. The predicted octanol–water partition coefficient (Wildman–Crippen LogP) is 2.28. The van der Waals surface area contributed by atoms with Crippen LogP contribution in [-0.4, -0.2) is 25.6 Å². The van der Waals surface area contributed by atoms with Gasteiger partial charge < -0.3 is 9.47 Å². The van der Waals surface area contributed by atoms with Crippen molar-refractivity contribution in [3.8, 4) is 5.75 Å². The van der Waals surface area contributed by atoms with Crippen molar-refractivity contribution in [2.24, 2.45) is 5.92 Å². The number of halogens is 1. The summed E-state index contributed by atoms with van der Waals surface area (Å²) in [6, 6.07) is 7.68. The molecule has 3 nitrogen and oxygen atoms in total. The molecular formula is C12H13IO3. The second kappa shape index (κ2) is 5.63. The molecule has 4 heteroatoms. The van der Waals surface area contributed by atoms with Crippen LogP contribution in [0.15, 0.2) is 24.3 Å². The average Bonchev–Trinajstić information content (AvgIpc) is 2.79. The molecule has 0 spiro atoms. The summed E-state index contributed by atoms with van der Waals surface area (Å²) < 4.78 is 11.7. The van der Waals surface area contributed by atoms with Gasteiger partial charge in [0.15, 0.2) is 5.78 Å². The van der Waals surface area contributed by atoms with Gasteiger partial charge in [-0.1, -0.05) is 6.07 Å². The zero-order valence-electron chi connectivity index (χ0n) is 8.82. The second-order valence-corrected chi connectivity index (χ2v) is 5.02. The van der Waals surface area contributed by atoms with Crippen LogP contribution in [0, 0.1) is 9.49 Å². The number of benzene rings is 1. The maximum atomic E-state index is 11.7. The van der Waals surface area contributed by atoms with Gasteiger partial charge in [0.2, 0.25) is 0 Å². The Balaban J connectivity index is 1.84. The summed E-state index contributed by atoms with van der Waals surface area (Å²) in [5.74, 6) is 0.915. The van der Waals surface area contributed by atoms with E-state index >= 15 is 0 Å². The molecule has 1 atom stereocenters. The highest BCUT2D eigenvalue weighted by atomic mass is 127. The summed E-state index contributed by atoms with van der Waals surface area (Å²) in [5.41, 5.74) is 0. The Morgan fingerprint density at radius 3 is 3.12 bits per heavy atom. The molecule has 0 saturated carbocycles. The zero-order valence-corrected chi connectivity index (χ0v) is 11.0. The van der Waals surface area contributed by atoms with E-state index in [-0.39, 0.29) is 18.3 Å². The number of carbonyl (C=O) groups excluding carboxylic acids is 1. The Kier molecular flexibility index (Phi) is 4.17. The molecule has 86 valence electrons. The van der Waals surface area contributed by atoms with Crippen LogP contribution in [0.5, 0.6) is 5.75 Å². The highest BCUT2D eigenvalue weighted by molar-refractivity contribution is 14.1. The van der Waals surface area contributed by atoms with Crippen molar-refractivity contribution in [2.75, 3.05) is 19.8 Å². The molecule has 16 heavy (non-hydrogen) atoms. The van der Waals surface area contributed by atoms with E-state index in [0.717, 1.165) is 15.7 Å². The molecule has 1 aromatic rings. The molecule has 0 aromatic heterocycles. The SMILES string of the molecule is O=C(COc1cccc(I)c1)C1CCOC1. The standard InChI is InChI=1S/C12H13IO3/c13-10-2-1-3-11(6-10)16-8-12(14)9-4-5-15-7-9/h1-3,6,9H,4-5,7-8H2. The molecule has 1 saturated heterocycles. The summed E-state index contributed by atoms with van der Waals surface area (Å²) in [7, 11) is 0. The molecular weight excluding hydrogens is 319 g/mol. The minimum absolute atomic E-state index is 0.0304. The first-order chi connectivity index (χ1) is 7.75. The average molecular weight is 332 g/mol. The maximum Gasteiger partial charge on any atom is 0.175 e. The summed E-state index contributed by atoms with van der Waals surface area (Å²) in [6.07, 6.45) is 0.828. The molecule has 1 unspecified atom stereocenters. The summed E-state index contributed by atoms with van der Waals surface area (Å²) in [5, 5.41) is 0. The van der Waals surface area contributed by atoms with Gasteiger partial charge in [-0.2, -0.15) is 0 Å². The van der Waals surface area contributed by atoms with Gasteiger partial charge in [0.1, 0.15) is 12.4 Å². The largest absolute Gasteiger partial charge is 0.486 e. The number of hydrogen-bond donors (Lipinski definition) is 0. The van der Waals surface area contributed by atoms with Gasteiger partial charge in [-0.25, -0.2) is 0 Å². The van der Waals surface area contributed by atoms with Crippen LogP contribution in [0.3, 0.4) is 0 Å². The fraction of sp³-hybridized carbons (Fsp3) is 0.417. The summed E-state index contributed by atoms with van der Waals surface area (Å²) >= 11 is 2.22. The molecule has 1 aliphatic heterocycles. The Labute approximate surface area is 108 Å². The molecule has 2 rings (SSSR count). The lowest BCUT2D eigenvalue weighted by Gasteiger charge is -2.08. The first kappa shape index (κ1) is 11.9. The zero-order chi connectivity index (χ0) is 11.4. The van der Waals surface area contributed by atoms with Crippen LogP contribution in [-0.2, 0) is 9.53 Å². The van der Waals surface area contributed by atoms with E-state index in [9.17, 15) is 4.79 Å². The number of Topliss-reactive ketones (excluding diaryl/α,β-unsaturated/α-hetero) is 1. The quantitative estimate of drug-likeness (QED) is 0.794. The van der Waals surface area contributed by atoms with E-state index in [0.29, 0.717) is 13.2 Å². The van der Waals surface area contributed by atoms with Gasteiger partial charge >= 0.3 is 0 Å². The van der Waals surface area contributed by atoms with Crippen LogP contribution in [0.25, 0.3) is 0 Å². The highest BCUT2D eigenvalue weighted by Gasteiger charge is 2.23. The lowest BCUT2D eigenvalue weighted by Crippen LogP contribution is -2.21. The van der Waals surface area contributed by atoms with Gasteiger partial charge in [0, 0.05) is 16.1 Å². The van der Waals surface area contributed by atoms with Crippen LogP contribution in [0.4, 0.5) is 0 Å². The number of rotatable bonds is 4. The first-order valence-corrected chi connectivity index (χ1v) is 6.32. The third kappa shape index (κ3) is 3.18. The molecule has 0 N–H and O–H groups in total. The second-order valence-electron chi connectivity index (χ2n) is 3.77. The highest BCUT2D eigenvalue weighted by Crippen LogP contribution is 2.17. The van der Waals surface area contributed by atoms with Gasteiger partial charge in [0.25, 0.3) is 0 Å². The normalized spacial score (nSPS) is 19.7. The van der Waals surface area contributed by atoms with E-state index in [4.69, 9.17) is 9.47 Å². The number of hydrogen-bond acceptors (Lipinski definition) is 3. The van der Waals surface area contributed by atoms with Crippen molar-refractivity contribution >= 4 is 28.4 Å². The van der Waals surface area contributed by atoms with Crippen molar-refractivity contribution in [1.29, 1.82) is 0 Å². The monoisotopic (exact) mass is 332 g/mol. The van der Waals surface area contributed by atoms with Crippen molar-refractivity contribution in [1.82, 2.24) is 0 Å². The number of ketones is 1. The smallest absolute Gasteiger partial charge is 0.175 e. The van der Waals surface area contributed by atoms with Gasteiger partial charge in [-0.15, -0.1) is 0 Å². The van der Waals surface area contributed by atoms with Crippen LogP contribution in [0.1, 0.15) is 6.42 Å². The minimum Gasteiger partial charge on any atom is -0.486 e. The van der Waals surface area contributed by atoms with E-state index in [1.54, 1.807) is 0 Å². The molecule has 1 fully saturated rings. The molecule has 0 aliphatic carbocycles. The Morgan fingerprint density at radius 1 is 1.56 bits per heavy atom. The third-order valence-corrected chi connectivity index (χ3v) is 3.23. The maximum absolute atomic E-state index is 11.7. The number of ether oxygens (including phenoxy) is 2. The van der Waals surface area contributed by atoms with Gasteiger partial charge in [-0.3, -0.25) is 4.79 Å². The van der Waals surface area contributed by atoms with Crippen molar-refractivity contribution in [3.05, 3.63) is 27.8 Å². The molecule has 1 aliphatic rings. The Morgan fingerprint density at radius 2 is 2.44 bits per heavy atom. The summed E-state index contributed by atoms with van der Waals surface area (Å²) in [4.78, 5) is 11.7. The van der Waals surface area contributed by atoms with E-state index in [1.807, 2.05) is 24.3 Å². The first-order valence-electron chi connectivity index (χ1n) is 5.24. The number of carbonyl (C=O) groups is 1. The van der Waals surface area contributed by atoms with E-state index in [2.05, 4.69) is 22.6 Å². The lowest BCUT2D eigenvalue weighted by molar-refractivity contribution is -0.124. The van der Waals surface area contributed by atoms with Gasteiger partial charge in [0.05, 0.1) is 6.61 Å². The predicted molar refractivity (Wildman–Crippen MR) is 68.6 cm³/mol. The van der Waals surface area contributed by atoms with Crippen molar-refractivity contribution in [3.63, 3.8) is 0 Å². The molecule has 0 amide bonds. The Hall–Kier alpha value is -0.620. The van der Waals surface area contributed by atoms with Crippen molar-refractivity contribution in [2.45, 2.75) is 6.42 Å². The topological polar surface area (TPSA) is 35.5 Å². The van der Waals surface area contributed by atoms with Crippen LogP contribution >= 0.6 is 22.6 Å².